The van der Waals surface area contributed by atoms with Gasteiger partial charge in [-0.2, -0.15) is 0 Å². The van der Waals surface area contributed by atoms with E-state index in [0.717, 1.165) is 29.8 Å². The number of rotatable bonds is 6. The van der Waals surface area contributed by atoms with Crippen molar-refractivity contribution in [3.63, 3.8) is 0 Å². The van der Waals surface area contributed by atoms with Gasteiger partial charge in [0.1, 0.15) is 11.6 Å². The number of thiocarbonyl (C=S) groups is 1. The van der Waals surface area contributed by atoms with Gasteiger partial charge in [-0.05, 0) is 48.0 Å². The zero-order valence-electron chi connectivity index (χ0n) is 12.4. The first-order valence-corrected chi connectivity index (χ1v) is 7.48. The summed E-state index contributed by atoms with van der Waals surface area (Å²) in [7, 11) is 1.67. The number of benzene rings is 2. The minimum absolute atomic E-state index is 0.235. The van der Waals surface area contributed by atoms with Gasteiger partial charge >= 0.3 is 0 Å². The second-order valence-corrected chi connectivity index (χ2v) is 5.21. The zero-order chi connectivity index (χ0) is 15.8. The predicted molar refractivity (Wildman–Crippen MR) is 90.5 cm³/mol. The molecule has 0 saturated heterocycles. The summed E-state index contributed by atoms with van der Waals surface area (Å²) in [5, 5.41) is 6.84. The Kier molecular flexibility index (Phi) is 6.15. The minimum atomic E-state index is -0.235. The number of methoxy groups -OCH3 is 1. The Morgan fingerprint density at radius 1 is 1.09 bits per heavy atom. The summed E-state index contributed by atoms with van der Waals surface area (Å²) in [5.74, 6) is 0.649. The minimum Gasteiger partial charge on any atom is -0.496 e. The number of hydrogen-bond donors (Lipinski definition) is 2. The molecule has 0 aliphatic carbocycles. The molecule has 2 rings (SSSR count). The standard InChI is InChI=1S/C17H19FN2OS/c1-21-16-5-3-2-4-14(16)10-11-19-17(22)20-12-13-6-8-15(18)9-7-13/h2-9H,10-12H2,1H3,(H2,19,20,22). The lowest BCUT2D eigenvalue weighted by atomic mass is 10.1. The van der Waals surface area contributed by atoms with Crippen LogP contribution >= 0.6 is 12.2 Å². The Hall–Kier alpha value is -2.14. The highest BCUT2D eigenvalue weighted by Gasteiger charge is 2.02. The number of ether oxygens (including phenoxy) is 1. The fourth-order valence-electron chi connectivity index (χ4n) is 2.07. The smallest absolute Gasteiger partial charge is 0.166 e. The fraction of sp³-hybridized carbons (Fsp3) is 0.235. The highest BCUT2D eigenvalue weighted by atomic mass is 32.1. The van der Waals surface area contributed by atoms with Gasteiger partial charge in [-0.25, -0.2) is 4.39 Å². The van der Waals surface area contributed by atoms with Gasteiger partial charge in [0, 0.05) is 13.1 Å². The second kappa shape index (κ2) is 8.34. The molecule has 116 valence electrons. The molecule has 0 spiro atoms. The van der Waals surface area contributed by atoms with E-state index in [4.69, 9.17) is 17.0 Å². The largest absolute Gasteiger partial charge is 0.496 e. The molecule has 0 radical (unpaired) electrons. The molecule has 5 heteroatoms. The monoisotopic (exact) mass is 318 g/mol. The summed E-state index contributed by atoms with van der Waals surface area (Å²) in [5.41, 5.74) is 2.12. The van der Waals surface area contributed by atoms with E-state index < -0.39 is 0 Å². The Morgan fingerprint density at radius 3 is 2.55 bits per heavy atom. The normalized spacial score (nSPS) is 10.1. The van der Waals surface area contributed by atoms with E-state index in [1.165, 1.54) is 12.1 Å². The topological polar surface area (TPSA) is 33.3 Å². The molecule has 0 atom stereocenters. The van der Waals surface area contributed by atoms with Crippen molar-refractivity contribution in [2.45, 2.75) is 13.0 Å². The third kappa shape index (κ3) is 5.00. The van der Waals surface area contributed by atoms with E-state index in [9.17, 15) is 4.39 Å². The van der Waals surface area contributed by atoms with Crippen molar-refractivity contribution in [1.29, 1.82) is 0 Å². The van der Waals surface area contributed by atoms with Crippen LogP contribution in [0.3, 0.4) is 0 Å². The summed E-state index contributed by atoms with van der Waals surface area (Å²) in [4.78, 5) is 0. The summed E-state index contributed by atoms with van der Waals surface area (Å²) in [6, 6.07) is 14.3. The van der Waals surface area contributed by atoms with Crippen molar-refractivity contribution in [3.05, 3.63) is 65.5 Å². The van der Waals surface area contributed by atoms with Crippen molar-refractivity contribution in [1.82, 2.24) is 10.6 Å². The van der Waals surface area contributed by atoms with Crippen molar-refractivity contribution in [2.75, 3.05) is 13.7 Å². The molecule has 2 aromatic carbocycles. The third-order valence-corrected chi connectivity index (χ3v) is 3.53. The Labute approximate surface area is 135 Å². The van der Waals surface area contributed by atoms with Crippen LogP contribution in [0.15, 0.2) is 48.5 Å². The Morgan fingerprint density at radius 2 is 1.82 bits per heavy atom. The maximum Gasteiger partial charge on any atom is 0.166 e. The molecule has 0 heterocycles. The van der Waals surface area contributed by atoms with E-state index >= 15 is 0 Å². The molecule has 0 bridgehead atoms. The molecule has 0 fully saturated rings. The molecule has 0 aliphatic rings. The molecule has 2 aromatic rings. The van der Waals surface area contributed by atoms with Gasteiger partial charge in [0.15, 0.2) is 5.11 Å². The maximum absolute atomic E-state index is 12.8. The van der Waals surface area contributed by atoms with Crippen molar-refractivity contribution in [3.8, 4) is 5.75 Å². The lowest BCUT2D eigenvalue weighted by molar-refractivity contribution is 0.409. The molecule has 22 heavy (non-hydrogen) atoms. The first kappa shape index (κ1) is 16.2. The lowest BCUT2D eigenvalue weighted by Gasteiger charge is -2.12. The van der Waals surface area contributed by atoms with E-state index in [1.807, 2.05) is 24.3 Å². The van der Waals surface area contributed by atoms with E-state index in [2.05, 4.69) is 10.6 Å². The van der Waals surface area contributed by atoms with Gasteiger partial charge < -0.3 is 15.4 Å². The molecule has 0 saturated carbocycles. The lowest BCUT2D eigenvalue weighted by Crippen LogP contribution is -2.35. The van der Waals surface area contributed by atoms with Gasteiger partial charge in [0.05, 0.1) is 7.11 Å². The Bertz CT molecular complexity index is 616. The first-order valence-electron chi connectivity index (χ1n) is 7.07. The van der Waals surface area contributed by atoms with Crippen LogP contribution in [0.2, 0.25) is 0 Å². The van der Waals surface area contributed by atoms with Gasteiger partial charge in [0.25, 0.3) is 0 Å². The quantitative estimate of drug-likeness (QED) is 0.802. The average Bonchev–Trinajstić information content (AvgIpc) is 2.55. The molecule has 2 N–H and O–H groups in total. The van der Waals surface area contributed by atoms with E-state index in [-0.39, 0.29) is 5.82 Å². The summed E-state index contributed by atoms with van der Waals surface area (Å²) >= 11 is 5.23. The van der Waals surface area contributed by atoms with Crippen LogP contribution in [0.5, 0.6) is 5.75 Å². The summed E-state index contributed by atoms with van der Waals surface area (Å²) in [6.07, 6.45) is 0.822. The molecular weight excluding hydrogens is 299 g/mol. The highest BCUT2D eigenvalue weighted by Crippen LogP contribution is 2.17. The molecule has 0 aliphatic heterocycles. The van der Waals surface area contributed by atoms with Crippen molar-refractivity contribution >= 4 is 17.3 Å². The van der Waals surface area contributed by atoms with Crippen LogP contribution in [-0.2, 0) is 13.0 Å². The zero-order valence-corrected chi connectivity index (χ0v) is 13.3. The molecule has 0 amide bonds. The van der Waals surface area contributed by atoms with E-state index in [1.54, 1.807) is 19.2 Å². The van der Waals surface area contributed by atoms with E-state index in [0.29, 0.717) is 11.7 Å². The number of hydrogen-bond acceptors (Lipinski definition) is 2. The first-order chi connectivity index (χ1) is 10.7. The maximum atomic E-state index is 12.8. The molecule has 3 nitrogen and oxygen atoms in total. The van der Waals surface area contributed by atoms with Crippen LogP contribution in [0, 0.1) is 5.82 Å². The molecule has 0 aromatic heterocycles. The highest BCUT2D eigenvalue weighted by molar-refractivity contribution is 7.80. The van der Waals surface area contributed by atoms with Gasteiger partial charge in [0.2, 0.25) is 0 Å². The third-order valence-electron chi connectivity index (χ3n) is 3.24. The number of para-hydroxylation sites is 1. The second-order valence-electron chi connectivity index (χ2n) is 4.80. The number of halogens is 1. The van der Waals surface area contributed by atoms with Crippen molar-refractivity contribution < 1.29 is 9.13 Å². The molecule has 0 unspecified atom stereocenters. The van der Waals surface area contributed by atoms with Gasteiger partial charge in [-0.3, -0.25) is 0 Å². The van der Waals surface area contributed by atoms with Crippen LogP contribution in [-0.4, -0.2) is 18.8 Å². The van der Waals surface area contributed by atoms with Gasteiger partial charge in [-0.1, -0.05) is 30.3 Å². The fourth-order valence-corrected chi connectivity index (χ4v) is 2.24. The Balaban J connectivity index is 1.72. The molecular formula is C17H19FN2OS. The van der Waals surface area contributed by atoms with Crippen LogP contribution < -0.4 is 15.4 Å². The van der Waals surface area contributed by atoms with Crippen molar-refractivity contribution in [2.24, 2.45) is 0 Å². The van der Waals surface area contributed by atoms with Crippen LogP contribution in [0.1, 0.15) is 11.1 Å². The average molecular weight is 318 g/mol. The number of nitrogens with one attached hydrogen (secondary N) is 2. The summed E-state index contributed by atoms with van der Waals surface area (Å²) in [6.45, 7) is 1.29. The van der Waals surface area contributed by atoms with Crippen LogP contribution in [0.4, 0.5) is 4.39 Å². The predicted octanol–water partition coefficient (Wildman–Crippen LogP) is 3.04. The van der Waals surface area contributed by atoms with Gasteiger partial charge in [-0.15, -0.1) is 0 Å². The SMILES string of the molecule is COc1ccccc1CCNC(=S)NCc1ccc(F)cc1. The van der Waals surface area contributed by atoms with Crippen LogP contribution in [0.25, 0.3) is 0 Å². The summed E-state index contributed by atoms with van der Waals surface area (Å²) < 4.78 is 18.1.